The van der Waals surface area contributed by atoms with Gasteiger partial charge in [0.1, 0.15) is 0 Å². The Morgan fingerprint density at radius 3 is 2.62 bits per heavy atom. The molecule has 0 bridgehead atoms. The standard InChI is InChI=1S/C20H38N2O2/c1-5-15(2)17(4)19-14-18(7-6-16(19)3)20(23)21-8-9-22-10-12-24-13-11-22/h15-19H,5-14H2,1-4H3,(H,21,23). The van der Waals surface area contributed by atoms with Gasteiger partial charge in [-0.25, -0.2) is 0 Å². The molecule has 1 amide bonds. The summed E-state index contributed by atoms with van der Waals surface area (Å²) in [6, 6.07) is 0. The first-order valence-electron chi connectivity index (χ1n) is 10.1. The number of carbonyl (C=O) groups is 1. The molecule has 1 aliphatic carbocycles. The van der Waals surface area contributed by atoms with E-state index < -0.39 is 0 Å². The Bertz CT molecular complexity index is 382. The molecule has 0 aromatic carbocycles. The van der Waals surface area contributed by atoms with E-state index in [0.717, 1.165) is 64.1 Å². The highest BCUT2D eigenvalue weighted by molar-refractivity contribution is 5.78. The number of morpholine rings is 1. The molecule has 4 heteroatoms. The lowest BCUT2D eigenvalue weighted by Gasteiger charge is -2.39. The van der Waals surface area contributed by atoms with Gasteiger partial charge in [-0.1, -0.05) is 34.1 Å². The van der Waals surface area contributed by atoms with Crippen molar-refractivity contribution in [3.8, 4) is 0 Å². The molecule has 2 rings (SSSR count). The maximum Gasteiger partial charge on any atom is 0.223 e. The van der Waals surface area contributed by atoms with Crippen LogP contribution in [0.15, 0.2) is 0 Å². The summed E-state index contributed by atoms with van der Waals surface area (Å²) in [6.07, 6.45) is 4.58. The van der Waals surface area contributed by atoms with Crippen molar-refractivity contribution in [1.82, 2.24) is 10.2 Å². The van der Waals surface area contributed by atoms with E-state index in [0.29, 0.717) is 11.8 Å². The zero-order valence-corrected chi connectivity index (χ0v) is 16.2. The molecular weight excluding hydrogens is 300 g/mol. The molecule has 140 valence electrons. The molecule has 2 fully saturated rings. The fourth-order valence-electron chi connectivity index (χ4n) is 4.43. The van der Waals surface area contributed by atoms with Crippen molar-refractivity contribution < 1.29 is 9.53 Å². The zero-order valence-electron chi connectivity index (χ0n) is 16.2. The molecule has 0 radical (unpaired) electrons. The molecule has 1 heterocycles. The number of hydrogen-bond donors (Lipinski definition) is 1. The summed E-state index contributed by atoms with van der Waals surface area (Å²) >= 11 is 0. The molecule has 5 unspecified atom stereocenters. The Labute approximate surface area is 148 Å². The van der Waals surface area contributed by atoms with Crippen molar-refractivity contribution in [1.29, 1.82) is 0 Å². The Balaban J connectivity index is 1.76. The van der Waals surface area contributed by atoms with Crippen molar-refractivity contribution in [2.75, 3.05) is 39.4 Å². The minimum atomic E-state index is 0.224. The topological polar surface area (TPSA) is 41.6 Å². The SMILES string of the molecule is CCC(C)C(C)C1CC(C(=O)NCCN2CCOCC2)CCC1C. The summed E-state index contributed by atoms with van der Waals surface area (Å²) < 4.78 is 5.37. The molecule has 4 nitrogen and oxygen atoms in total. The first-order chi connectivity index (χ1) is 11.5. The number of hydrogen-bond acceptors (Lipinski definition) is 3. The van der Waals surface area contributed by atoms with E-state index in [9.17, 15) is 4.79 Å². The van der Waals surface area contributed by atoms with Gasteiger partial charge in [0.25, 0.3) is 0 Å². The summed E-state index contributed by atoms with van der Waals surface area (Å²) in [5, 5.41) is 3.20. The highest BCUT2D eigenvalue weighted by atomic mass is 16.5. The van der Waals surface area contributed by atoms with E-state index in [4.69, 9.17) is 4.74 Å². The van der Waals surface area contributed by atoms with Crippen LogP contribution >= 0.6 is 0 Å². The third-order valence-electron chi connectivity index (χ3n) is 6.68. The lowest BCUT2D eigenvalue weighted by Crippen LogP contribution is -2.43. The maximum atomic E-state index is 12.6. The number of rotatable bonds is 7. The predicted octanol–water partition coefficient (Wildman–Crippen LogP) is 3.17. The van der Waals surface area contributed by atoms with Crippen LogP contribution in [-0.4, -0.2) is 50.2 Å². The van der Waals surface area contributed by atoms with E-state index >= 15 is 0 Å². The van der Waals surface area contributed by atoms with Gasteiger partial charge in [0, 0.05) is 32.1 Å². The number of nitrogens with one attached hydrogen (secondary N) is 1. The molecule has 2 aliphatic rings. The third-order valence-corrected chi connectivity index (χ3v) is 6.68. The van der Waals surface area contributed by atoms with Crippen molar-refractivity contribution in [2.24, 2.45) is 29.6 Å². The van der Waals surface area contributed by atoms with Crippen molar-refractivity contribution in [2.45, 2.75) is 53.4 Å². The first-order valence-corrected chi connectivity index (χ1v) is 10.1. The maximum absolute atomic E-state index is 12.6. The normalized spacial score (nSPS) is 31.4. The predicted molar refractivity (Wildman–Crippen MR) is 98.9 cm³/mol. The number of carbonyl (C=O) groups excluding carboxylic acids is 1. The van der Waals surface area contributed by atoms with E-state index in [1.54, 1.807) is 0 Å². The summed E-state index contributed by atoms with van der Waals surface area (Å²) in [5.74, 6) is 3.43. The molecule has 24 heavy (non-hydrogen) atoms. The van der Waals surface area contributed by atoms with E-state index in [2.05, 4.69) is 37.9 Å². The summed E-state index contributed by atoms with van der Waals surface area (Å²) in [4.78, 5) is 15.0. The summed E-state index contributed by atoms with van der Waals surface area (Å²) in [7, 11) is 0. The van der Waals surface area contributed by atoms with Gasteiger partial charge in [-0.2, -0.15) is 0 Å². The van der Waals surface area contributed by atoms with Crippen LogP contribution in [0.3, 0.4) is 0 Å². The zero-order chi connectivity index (χ0) is 17.5. The minimum absolute atomic E-state index is 0.224. The van der Waals surface area contributed by atoms with Gasteiger partial charge in [0.15, 0.2) is 0 Å². The van der Waals surface area contributed by atoms with Crippen molar-refractivity contribution >= 4 is 5.91 Å². The average molecular weight is 339 g/mol. The fourth-order valence-corrected chi connectivity index (χ4v) is 4.43. The molecule has 0 aromatic heterocycles. The molecule has 1 saturated carbocycles. The highest BCUT2D eigenvalue weighted by Crippen LogP contribution is 2.41. The Hall–Kier alpha value is -0.610. The van der Waals surface area contributed by atoms with Gasteiger partial charge in [0.2, 0.25) is 5.91 Å². The lowest BCUT2D eigenvalue weighted by molar-refractivity contribution is -0.127. The number of ether oxygens (including phenoxy) is 1. The Morgan fingerprint density at radius 2 is 1.96 bits per heavy atom. The largest absolute Gasteiger partial charge is 0.379 e. The van der Waals surface area contributed by atoms with Gasteiger partial charge < -0.3 is 10.1 Å². The summed E-state index contributed by atoms with van der Waals surface area (Å²) in [5.41, 5.74) is 0. The van der Waals surface area contributed by atoms with Crippen molar-refractivity contribution in [3.63, 3.8) is 0 Å². The molecule has 0 spiro atoms. The van der Waals surface area contributed by atoms with E-state index in [1.165, 1.54) is 12.8 Å². The number of nitrogens with zero attached hydrogens (tertiary/aromatic N) is 1. The second-order valence-corrected chi connectivity index (χ2v) is 8.14. The quantitative estimate of drug-likeness (QED) is 0.775. The smallest absolute Gasteiger partial charge is 0.223 e. The average Bonchev–Trinajstić information content (AvgIpc) is 2.61. The van der Waals surface area contributed by atoms with Crippen LogP contribution in [0.4, 0.5) is 0 Å². The molecule has 1 aliphatic heterocycles. The van der Waals surface area contributed by atoms with E-state index in [-0.39, 0.29) is 11.8 Å². The van der Waals surface area contributed by atoms with Gasteiger partial charge in [0.05, 0.1) is 13.2 Å². The van der Waals surface area contributed by atoms with Gasteiger partial charge in [-0.3, -0.25) is 9.69 Å². The summed E-state index contributed by atoms with van der Waals surface area (Å²) in [6.45, 7) is 14.8. The molecule has 5 atom stereocenters. The van der Waals surface area contributed by atoms with Crippen LogP contribution in [-0.2, 0) is 9.53 Å². The van der Waals surface area contributed by atoms with Crippen LogP contribution in [0, 0.1) is 29.6 Å². The Kier molecular flexibility index (Phi) is 8.02. The molecule has 1 saturated heterocycles. The molecule has 1 N–H and O–H groups in total. The second-order valence-electron chi connectivity index (χ2n) is 8.14. The lowest BCUT2D eigenvalue weighted by atomic mass is 9.66. The number of amides is 1. The monoisotopic (exact) mass is 338 g/mol. The minimum Gasteiger partial charge on any atom is -0.379 e. The second kappa shape index (κ2) is 9.76. The highest BCUT2D eigenvalue weighted by Gasteiger charge is 2.35. The van der Waals surface area contributed by atoms with Crippen LogP contribution in [0.5, 0.6) is 0 Å². The third kappa shape index (κ3) is 5.45. The fraction of sp³-hybridized carbons (Fsp3) is 0.950. The van der Waals surface area contributed by atoms with E-state index in [1.807, 2.05) is 0 Å². The van der Waals surface area contributed by atoms with Crippen molar-refractivity contribution in [3.05, 3.63) is 0 Å². The van der Waals surface area contributed by atoms with Gasteiger partial charge in [-0.15, -0.1) is 0 Å². The van der Waals surface area contributed by atoms with Gasteiger partial charge in [-0.05, 0) is 42.9 Å². The molecular formula is C20H38N2O2. The Morgan fingerprint density at radius 1 is 1.25 bits per heavy atom. The first kappa shape index (κ1) is 19.7. The van der Waals surface area contributed by atoms with Crippen LogP contribution in [0.2, 0.25) is 0 Å². The van der Waals surface area contributed by atoms with Crippen LogP contribution in [0.25, 0.3) is 0 Å². The van der Waals surface area contributed by atoms with Gasteiger partial charge >= 0.3 is 0 Å². The van der Waals surface area contributed by atoms with Crippen LogP contribution < -0.4 is 5.32 Å². The van der Waals surface area contributed by atoms with Crippen LogP contribution in [0.1, 0.15) is 53.4 Å². The molecule has 0 aromatic rings.